The molecule has 0 spiro atoms. The quantitative estimate of drug-likeness (QED) is 0.307. The second-order valence-electron chi connectivity index (χ2n) is 5.24. The van der Waals surface area contributed by atoms with Crippen LogP contribution >= 0.6 is 0 Å². The van der Waals surface area contributed by atoms with Gasteiger partial charge in [0.05, 0.1) is 11.5 Å². The summed E-state index contributed by atoms with van der Waals surface area (Å²) in [6, 6.07) is 9.76. The number of amides is 1. The standard InChI is InChI=1S/C18H15N3O6/c1-2-27-14-5-3-13(4-6-14)20-18(24)12(10-19)7-11-8-15(21(25)26)17(23)9-16(11)22/h3-9,22-23H,2H2,1H3,(H,20,24)/b12-7-. The van der Waals surface area contributed by atoms with E-state index in [4.69, 9.17) is 4.74 Å². The van der Waals surface area contributed by atoms with Gasteiger partial charge in [-0.15, -0.1) is 0 Å². The number of hydrogen-bond donors (Lipinski definition) is 3. The van der Waals surface area contributed by atoms with E-state index in [-0.39, 0.29) is 11.1 Å². The summed E-state index contributed by atoms with van der Waals surface area (Å²) in [6.45, 7) is 2.33. The Morgan fingerprint density at radius 3 is 2.52 bits per heavy atom. The summed E-state index contributed by atoms with van der Waals surface area (Å²) in [5.41, 5.74) is -0.800. The second kappa shape index (κ2) is 8.35. The van der Waals surface area contributed by atoms with Crippen LogP contribution in [-0.2, 0) is 4.79 Å². The van der Waals surface area contributed by atoms with Gasteiger partial charge < -0.3 is 20.3 Å². The smallest absolute Gasteiger partial charge is 0.311 e. The number of ether oxygens (including phenoxy) is 1. The summed E-state index contributed by atoms with van der Waals surface area (Å²) in [5.74, 6) is -1.39. The zero-order chi connectivity index (χ0) is 20.0. The number of carbonyl (C=O) groups excluding carboxylic acids is 1. The lowest BCUT2D eigenvalue weighted by Crippen LogP contribution is -2.13. The van der Waals surface area contributed by atoms with Crippen molar-refractivity contribution >= 4 is 23.4 Å². The van der Waals surface area contributed by atoms with Crippen molar-refractivity contribution in [3.05, 3.63) is 57.6 Å². The number of nitrogens with one attached hydrogen (secondary N) is 1. The van der Waals surface area contributed by atoms with E-state index in [9.17, 15) is 30.4 Å². The van der Waals surface area contributed by atoms with E-state index in [0.717, 1.165) is 18.2 Å². The highest BCUT2D eigenvalue weighted by Crippen LogP contribution is 2.34. The Bertz CT molecular complexity index is 945. The average molecular weight is 369 g/mol. The van der Waals surface area contributed by atoms with Gasteiger partial charge in [0.25, 0.3) is 5.91 Å². The van der Waals surface area contributed by atoms with Gasteiger partial charge >= 0.3 is 5.69 Å². The Morgan fingerprint density at radius 2 is 1.96 bits per heavy atom. The molecule has 2 aromatic carbocycles. The fraction of sp³-hybridized carbons (Fsp3) is 0.111. The van der Waals surface area contributed by atoms with Crippen LogP contribution in [0.5, 0.6) is 17.2 Å². The lowest BCUT2D eigenvalue weighted by molar-refractivity contribution is -0.385. The number of rotatable bonds is 6. The second-order valence-corrected chi connectivity index (χ2v) is 5.24. The van der Waals surface area contributed by atoms with Gasteiger partial charge in [-0.05, 0) is 37.3 Å². The number of aromatic hydroxyl groups is 2. The topological polar surface area (TPSA) is 146 Å². The molecule has 2 rings (SSSR count). The third-order valence-electron chi connectivity index (χ3n) is 3.41. The molecule has 0 aliphatic rings. The molecule has 0 saturated carbocycles. The number of hydrogen-bond acceptors (Lipinski definition) is 7. The SMILES string of the molecule is CCOc1ccc(NC(=O)/C(C#N)=C\c2cc([N+](=O)[O-])c(O)cc2O)cc1. The fourth-order valence-electron chi connectivity index (χ4n) is 2.15. The van der Waals surface area contributed by atoms with Crippen LogP contribution in [0.2, 0.25) is 0 Å². The maximum Gasteiger partial charge on any atom is 0.311 e. The van der Waals surface area contributed by atoms with Crippen LogP contribution < -0.4 is 10.1 Å². The Hall–Kier alpha value is -4.06. The van der Waals surface area contributed by atoms with Crippen molar-refractivity contribution in [1.29, 1.82) is 5.26 Å². The third-order valence-corrected chi connectivity index (χ3v) is 3.41. The van der Waals surface area contributed by atoms with Gasteiger partial charge in [0.1, 0.15) is 23.1 Å². The van der Waals surface area contributed by atoms with Crippen LogP contribution in [0.4, 0.5) is 11.4 Å². The van der Waals surface area contributed by atoms with E-state index in [1.807, 2.05) is 6.92 Å². The first-order chi connectivity index (χ1) is 12.8. The molecule has 9 nitrogen and oxygen atoms in total. The molecular formula is C18H15N3O6. The molecule has 1 amide bonds. The Labute approximate surface area is 153 Å². The number of nitro benzene ring substituents is 1. The monoisotopic (exact) mass is 369 g/mol. The summed E-state index contributed by atoms with van der Waals surface area (Å²) in [7, 11) is 0. The molecule has 3 N–H and O–H groups in total. The van der Waals surface area contributed by atoms with Gasteiger partial charge in [-0.25, -0.2) is 0 Å². The van der Waals surface area contributed by atoms with E-state index in [2.05, 4.69) is 5.32 Å². The number of carbonyl (C=O) groups is 1. The zero-order valence-corrected chi connectivity index (χ0v) is 14.2. The molecule has 0 bridgehead atoms. The molecule has 0 heterocycles. The van der Waals surface area contributed by atoms with Crippen LogP contribution in [-0.4, -0.2) is 27.7 Å². The van der Waals surface area contributed by atoms with Crippen LogP contribution in [0.15, 0.2) is 42.0 Å². The number of nitriles is 1. The van der Waals surface area contributed by atoms with Crippen molar-refractivity contribution in [1.82, 2.24) is 0 Å². The number of nitro groups is 1. The largest absolute Gasteiger partial charge is 0.507 e. The van der Waals surface area contributed by atoms with E-state index in [1.54, 1.807) is 30.3 Å². The van der Waals surface area contributed by atoms with Gasteiger partial charge in [0.15, 0.2) is 5.75 Å². The van der Waals surface area contributed by atoms with Crippen LogP contribution in [0.1, 0.15) is 12.5 Å². The van der Waals surface area contributed by atoms with Gasteiger partial charge in [-0.2, -0.15) is 5.26 Å². The fourth-order valence-corrected chi connectivity index (χ4v) is 2.15. The third kappa shape index (κ3) is 4.73. The highest BCUT2D eigenvalue weighted by Gasteiger charge is 2.18. The molecule has 0 aliphatic carbocycles. The molecule has 0 aromatic heterocycles. The molecule has 2 aromatic rings. The number of phenols is 2. The predicted octanol–water partition coefficient (Wildman–Crippen LogP) is 2.95. The number of benzene rings is 2. The van der Waals surface area contributed by atoms with Crippen molar-refractivity contribution < 1.29 is 24.7 Å². The number of phenolic OH excluding ortho intramolecular Hbond substituents is 2. The van der Waals surface area contributed by atoms with Crippen LogP contribution in [0.25, 0.3) is 6.08 Å². The molecule has 0 aliphatic heterocycles. The van der Waals surface area contributed by atoms with Crippen molar-refractivity contribution in [2.45, 2.75) is 6.92 Å². The van der Waals surface area contributed by atoms with Crippen molar-refractivity contribution in [2.24, 2.45) is 0 Å². The minimum Gasteiger partial charge on any atom is -0.507 e. The maximum atomic E-state index is 12.3. The normalized spacial score (nSPS) is 10.7. The van der Waals surface area contributed by atoms with E-state index >= 15 is 0 Å². The molecule has 0 atom stereocenters. The Balaban J connectivity index is 2.28. The molecule has 138 valence electrons. The maximum absolute atomic E-state index is 12.3. The van der Waals surface area contributed by atoms with Gasteiger partial charge in [0, 0.05) is 23.4 Å². The molecular weight excluding hydrogens is 354 g/mol. The lowest BCUT2D eigenvalue weighted by atomic mass is 10.1. The predicted molar refractivity (Wildman–Crippen MR) is 96.3 cm³/mol. The van der Waals surface area contributed by atoms with Crippen molar-refractivity contribution in [3.8, 4) is 23.3 Å². The molecule has 27 heavy (non-hydrogen) atoms. The van der Waals surface area contributed by atoms with Gasteiger partial charge in [-0.1, -0.05) is 0 Å². The lowest BCUT2D eigenvalue weighted by Gasteiger charge is -2.07. The average Bonchev–Trinajstić information content (AvgIpc) is 2.62. The highest BCUT2D eigenvalue weighted by molar-refractivity contribution is 6.09. The number of nitrogens with zero attached hydrogens (tertiary/aromatic N) is 2. The minimum atomic E-state index is -0.849. The summed E-state index contributed by atoms with van der Waals surface area (Å²) >= 11 is 0. The highest BCUT2D eigenvalue weighted by atomic mass is 16.6. The molecule has 0 unspecified atom stereocenters. The summed E-state index contributed by atoms with van der Waals surface area (Å²) in [6.07, 6.45) is 0.992. The van der Waals surface area contributed by atoms with E-state index in [0.29, 0.717) is 18.0 Å². The molecule has 0 saturated heterocycles. The Morgan fingerprint density at radius 1 is 1.30 bits per heavy atom. The summed E-state index contributed by atoms with van der Waals surface area (Å²) in [4.78, 5) is 22.3. The molecule has 9 heteroatoms. The van der Waals surface area contributed by atoms with Crippen molar-refractivity contribution in [3.63, 3.8) is 0 Å². The van der Waals surface area contributed by atoms with Gasteiger partial charge in [0.2, 0.25) is 0 Å². The first-order valence-corrected chi connectivity index (χ1v) is 7.72. The molecule has 0 fully saturated rings. The first-order valence-electron chi connectivity index (χ1n) is 7.72. The van der Waals surface area contributed by atoms with Crippen LogP contribution in [0.3, 0.4) is 0 Å². The zero-order valence-electron chi connectivity index (χ0n) is 14.2. The summed E-state index contributed by atoms with van der Waals surface area (Å²) in [5, 5.41) is 41.9. The minimum absolute atomic E-state index is 0.155. The first kappa shape index (κ1) is 19.3. The van der Waals surface area contributed by atoms with E-state index in [1.165, 1.54) is 0 Å². The molecule has 0 radical (unpaired) electrons. The summed E-state index contributed by atoms with van der Waals surface area (Å²) < 4.78 is 5.29. The van der Waals surface area contributed by atoms with E-state index < -0.39 is 28.0 Å². The number of anilines is 1. The van der Waals surface area contributed by atoms with Crippen molar-refractivity contribution in [2.75, 3.05) is 11.9 Å². The van der Waals surface area contributed by atoms with Gasteiger partial charge in [-0.3, -0.25) is 14.9 Å². The Kier molecular flexibility index (Phi) is 5.96. The van der Waals surface area contributed by atoms with Crippen LogP contribution in [0, 0.1) is 21.4 Å².